The van der Waals surface area contributed by atoms with Crippen molar-refractivity contribution in [3.63, 3.8) is 0 Å². The van der Waals surface area contributed by atoms with E-state index >= 15 is 0 Å². The van der Waals surface area contributed by atoms with Crippen LogP contribution in [0.25, 0.3) is 22.3 Å². The van der Waals surface area contributed by atoms with Crippen molar-refractivity contribution in [2.45, 2.75) is 32.2 Å². The predicted octanol–water partition coefficient (Wildman–Crippen LogP) is 4.20. The van der Waals surface area contributed by atoms with E-state index in [1.165, 1.54) is 56.6 Å². The molecule has 16 heteroatoms. The zero-order valence-electron chi connectivity index (χ0n) is 30.0. The molecule has 0 unspecified atom stereocenters. The van der Waals surface area contributed by atoms with Gasteiger partial charge in [0.15, 0.2) is 5.78 Å². The Kier molecular flexibility index (Phi) is 11.8. The first-order valence-electron chi connectivity index (χ1n) is 16.9. The molecule has 3 aromatic carbocycles. The van der Waals surface area contributed by atoms with E-state index in [-0.39, 0.29) is 47.2 Å². The van der Waals surface area contributed by atoms with E-state index in [0.717, 1.165) is 34.4 Å². The van der Waals surface area contributed by atoms with Crippen molar-refractivity contribution in [2.75, 3.05) is 44.4 Å². The fourth-order valence-electron chi connectivity index (χ4n) is 5.73. The number of carbonyl (C=O) groups is 5. The van der Waals surface area contributed by atoms with Crippen molar-refractivity contribution in [1.29, 1.82) is 0 Å². The van der Waals surface area contributed by atoms with Crippen LogP contribution in [0, 0.1) is 5.82 Å². The van der Waals surface area contributed by atoms with Crippen LogP contribution in [0.5, 0.6) is 0 Å². The van der Waals surface area contributed by atoms with Gasteiger partial charge in [0.25, 0.3) is 5.91 Å². The standard InChI is InChI=1S/C38H39FN4O10S/c1-5-52-38(49)31(45)18-30(44)25-8-6-7-22(15-25)19-41-33(46)20-42(3)34(47)21-43(54(4,50)51)29-17-32-28(16-27(29)23-9-10-23)35(37(48)40-2)36(53-32)24-11-13-26(39)14-12-24/h6-8,11-18,23,45H,5,9-10,19-21H2,1-4H3,(H,40,48)(H,41,46). The Hall–Kier alpha value is -6.03. The second-order valence-corrected chi connectivity index (χ2v) is 14.6. The number of carbonyl (C=O) groups excluding carboxylic acids is 5. The molecule has 1 heterocycles. The quantitative estimate of drug-likeness (QED) is 0.0684. The summed E-state index contributed by atoms with van der Waals surface area (Å²) in [6.45, 7) is 0.476. The van der Waals surface area contributed by atoms with Crippen molar-refractivity contribution in [3.05, 3.63) is 101 Å². The lowest BCUT2D eigenvalue weighted by atomic mass is 10.0. The minimum atomic E-state index is -4.08. The number of halogens is 1. The van der Waals surface area contributed by atoms with E-state index in [1.807, 2.05) is 0 Å². The maximum absolute atomic E-state index is 13.7. The van der Waals surface area contributed by atoms with E-state index in [9.17, 15) is 41.9 Å². The molecule has 0 radical (unpaired) electrons. The third-order valence-electron chi connectivity index (χ3n) is 8.62. The van der Waals surface area contributed by atoms with E-state index in [0.29, 0.717) is 22.1 Å². The first-order valence-corrected chi connectivity index (χ1v) is 18.7. The molecule has 284 valence electrons. The summed E-state index contributed by atoms with van der Waals surface area (Å²) in [6, 6.07) is 14.7. The van der Waals surface area contributed by atoms with Crippen LogP contribution >= 0.6 is 0 Å². The average molecular weight is 763 g/mol. The molecular weight excluding hydrogens is 724 g/mol. The Labute approximate surface area is 310 Å². The molecule has 1 aliphatic carbocycles. The lowest BCUT2D eigenvalue weighted by molar-refractivity contribution is -0.141. The Morgan fingerprint density at radius 2 is 1.74 bits per heavy atom. The first kappa shape index (κ1) is 39.2. The Balaban J connectivity index is 1.33. The van der Waals surface area contributed by atoms with Crippen molar-refractivity contribution in [2.24, 2.45) is 0 Å². The molecule has 4 aromatic rings. The lowest BCUT2D eigenvalue weighted by Gasteiger charge is -2.27. The molecule has 14 nitrogen and oxygen atoms in total. The predicted molar refractivity (Wildman–Crippen MR) is 197 cm³/mol. The van der Waals surface area contributed by atoms with Gasteiger partial charge < -0.3 is 29.8 Å². The third-order valence-corrected chi connectivity index (χ3v) is 9.75. The van der Waals surface area contributed by atoms with Gasteiger partial charge in [0, 0.05) is 49.3 Å². The number of aliphatic hydroxyl groups is 1. The number of esters is 1. The molecule has 0 bridgehead atoms. The number of ketones is 1. The number of hydrogen-bond acceptors (Lipinski definition) is 10. The number of rotatable bonds is 15. The smallest absolute Gasteiger partial charge is 0.373 e. The molecule has 3 N–H and O–H groups in total. The topological polar surface area (TPSA) is 193 Å². The fourth-order valence-corrected chi connectivity index (χ4v) is 6.59. The van der Waals surface area contributed by atoms with Crippen LogP contribution in [0.2, 0.25) is 0 Å². The number of hydrogen-bond donors (Lipinski definition) is 3. The summed E-state index contributed by atoms with van der Waals surface area (Å²) in [6.07, 6.45) is 3.21. The number of sulfonamides is 1. The number of benzene rings is 3. The molecule has 1 saturated carbocycles. The Morgan fingerprint density at radius 3 is 2.37 bits per heavy atom. The second-order valence-electron chi connectivity index (χ2n) is 12.7. The maximum Gasteiger partial charge on any atom is 0.373 e. The summed E-state index contributed by atoms with van der Waals surface area (Å²) in [5.74, 6) is -4.61. The summed E-state index contributed by atoms with van der Waals surface area (Å²) in [5, 5.41) is 15.5. The minimum Gasteiger partial charge on any atom is -0.502 e. The van der Waals surface area contributed by atoms with Gasteiger partial charge in [-0.15, -0.1) is 0 Å². The number of fused-ring (bicyclic) bond motifs is 1. The van der Waals surface area contributed by atoms with Crippen molar-refractivity contribution in [1.82, 2.24) is 15.5 Å². The fraction of sp³-hybridized carbons (Fsp3) is 0.289. The van der Waals surface area contributed by atoms with Gasteiger partial charge in [0.2, 0.25) is 27.6 Å². The molecule has 1 aliphatic rings. The van der Waals surface area contributed by atoms with Gasteiger partial charge in [-0.3, -0.25) is 23.5 Å². The van der Waals surface area contributed by atoms with Crippen molar-refractivity contribution >= 4 is 56.2 Å². The summed E-state index contributed by atoms with van der Waals surface area (Å²) in [7, 11) is -1.26. The number of nitrogens with one attached hydrogen (secondary N) is 2. The SMILES string of the molecule is CCOC(=O)C(O)=CC(=O)c1cccc(CNC(=O)CN(C)C(=O)CN(c2cc3oc(-c4ccc(F)cc4)c(C(=O)NC)c3cc2C2CC2)S(C)(=O)=O)c1. The highest BCUT2D eigenvalue weighted by molar-refractivity contribution is 7.92. The van der Waals surface area contributed by atoms with Gasteiger partial charge in [0.1, 0.15) is 23.7 Å². The van der Waals surface area contributed by atoms with Crippen molar-refractivity contribution in [3.8, 4) is 11.3 Å². The minimum absolute atomic E-state index is 0.0180. The molecule has 0 atom stereocenters. The van der Waals surface area contributed by atoms with E-state index in [1.54, 1.807) is 25.1 Å². The first-order chi connectivity index (χ1) is 25.6. The highest BCUT2D eigenvalue weighted by Gasteiger charge is 2.34. The maximum atomic E-state index is 13.7. The molecule has 3 amide bonds. The van der Waals surface area contributed by atoms with Gasteiger partial charge in [-0.1, -0.05) is 18.2 Å². The molecule has 1 fully saturated rings. The van der Waals surface area contributed by atoms with Gasteiger partial charge in [-0.2, -0.15) is 0 Å². The number of likely N-dealkylation sites (N-methyl/N-ethyl adjacent to an activating group) is 1. The van der Waals surface area contributed by atoms with E-state index < -0.39 is 64.2 Å². The van der Waals surface area contributed by atoms with E-state index in [2.05, 4.69) is 15.4 Å². The number of aliphatic hydroxyl groups excluding tert-OH is 1. The van der Waals surface area contributed by atoms with Gasteiger partial charge in [-0.05, 0) is 73.2 Å². The highest BCUT2D eigenvalue weighted by Crippen LogP contribution is 2.48. The largest absolute Gasteiger partial charge is 0.502 e. The van der Waals surface area contributed by atoms with Gasteiger partial charge in [0.05, 0.1) is 30.7 Å². The lowest BCUT2D eigenvalue weighted by Crippen LogP contribution is -2.44. The summed E-state index contributed by atoms with van der Waals surface area (Å²) in [4.78, 5) is 64.7. The zero-order valence-corrected chi connectivity index (χ0v) is 30.8. The molecule has 0 spiro atoms. The summed E-state index contributed by atoms with van der Waals surface area (Å²) < 4.78 is 52.0. The van der Waals surface area contributed by atoms with Gasteiger partial charge in [-0.25, -0.2) is 17.6 Å². The number of ether oxygens (including phenoxy) is 1. The van der Waals surface area contributed by atoms with Crippen LogP contribution in [0.1, 0.15) is 57.5 Å². The van der Waals surface area contributed by atoms with Crippen LogP contribution in [-0.2, 0) is 35.7 Å². The zero-order chi connectivity index (χ0) is 39.3. The monoisotopic (exact) mass is 762 g/mol. The molecular formula is C38H39FN4O10S. The number of nitrogens with zero attached hydrogens (tertiary/aromatic N) is 2. The third kappa shape index (κ3) is 9.12. The van der Waals surface area contributed by atoms with Crippen molar-refractivity contribution < 1.29 is 51.0 Å². The van der Waals surface area contributed by atoms with Gasteiger partial charge >= 0.3 is 5.97 Å². The number of furan rings is 1. The average Bonchev–Trinajstić information content (AvgIpc) is 3.92. The summed E-state index contributed by atoms with van der Waals surface area (Å²) in [5.41, 5.74) is 2.26. The van der Waals surface area contributed by atoms with E-state index in [4.69, 9.17) is 4.42 Å². The van der Waals surface area contributed by atoms with Crippen LogP contribution in [-0.4, -0.2) is 87.9 Å². The van der Waals surface area contributed by atoms with Crippen LogP contribution in [0.3, 0.4) is 0 Å². The number of allylic oxidation sites excluding steroid dienone is 1. The molecule has 1 aromatic heterocycles. The normalized spacial score (nSPS) is 12.9. The number of anilines is 1. The molecule has 54 heavy (non-hydrogen) atoms. The molecule has 5 rings (SSSR count). The Morgan fingerprint density at radius 1 is 1.04 bits per heavy atom. The highest BCUT2D eigenvalue weighted by atomic mass is 32.2. The molecule has 0 saturated heterocycles. The van der Waals surface area contributed by atoms with Crippen LogP contribution < -0.4 is 14.9 Å². The molecule has 0 aliphatic heterocycles. The summed E-state index contributed by atoms with van der Waals surface area (Å²) >= 11 is 0. The van der Waals surface area contributed by atoms with Crippen LogP contribution in [0.15, 0.2) is 76.9 Å². The van der Waals surface area contributed by atoms with Crippen LogP contribution in [0.4, 0.5) is 10.1 Å². The Bertz CT molecular complexity index is 2260. The number of amides is 3. The second kappa shape index (κ2) is 16.3.